The van der Waals surface area contributed by atoms with Gasteiger partial charge >= 0.3 is 20.1 Å². The maximum atomic E-state index is 4.54. The molecule has 73 heavy (non-hydrogen) atoms. The Balaban J connectivity index is 0.000000251. The van der Waals surface area contributed by atoms with E-state index >= 15 is 0 Å². The number of benzene rings is 6. The van der Waals surface area contributed by atoms with Gasteiger partial charge in [-0.25, -0.2) is 0 Å². The molecule has 0 saturated heterocycles. The molecule has 0 atom stereocenters. The average Bonchev–Trinajstić information content (AvgIpc) is 3.72. The normalized spacial score (nSPS) is 11.7. The monoisotopic (exact) mass is 1130 g/mol. The van der Waals surface area contributed by atoms with Crippen LogP contribution in [0.1, 0.15) is 120 Å². The molecule has 9 aromatic rings. The van der Waals surface area contributed by atoms with E-state index in [0.717, 1.165) is 33.8 Å². The van der Waals surface area contributed by atoms with Gasteiger partial charge in [-0.2, -0.15) is 0 Å². The summed E-state index contributed by atoms with van der Waals surface area (Å²) in [5.41, 5.74) is 18.5. The van der Waals surface area contributed by atoms with Crippen LogP contribution in [0.4, 0.5) is 0 Å². The summed E-state index contributed by atoms with van der Waals surface area (Å²) in [7, 11) is 0. The van der Waals surface area contributed by atoms with Crippen LogP contribution in [0.5, 0.6) is 0 Å². The fourth-order valence-corrected chi connectivity index (χ4v) is 10.3. The Hall–Kier alpha value is -6.58. The SMILES string of the molecule is CCCCCCCCC1(CCCCCCCC)c2ccccc2-c2ccc(-c3ccc(C)cc3-c3c[c-]c(-c4ccccn4)cc3)cc21.[Ir+3].[c-]1ccccc1-c1ccccn1.[c-]1ccccc1-c1ccccn1. The van der Waals surface area contributed by atoms with Crippen molar-refractivity contribution in [3.05, 3.63) is 235 Å². The topological polar surface area (TPSA) is 38.7 Å². The average molecular weight is 1130 g/mol. The minimum atomic E-state index is 0. The zero-order valence-electron chi connectivity index (χ0n) is 43.1. The van der Waals surface area contributed by atoms with E-state index in [1.165, 1.54) is 129 Å². The summed E-state index contributed by atoms with van der Waals surface area (Å²) in [5, 5.41) is 0. The van der Waals surface area contributed by atoms with Gasteiger partial charge < -0.3 is 15.0 Å². The third-order valence-electron chi connectivity index (χ3n) is 14.0. The zero-order chi connectivity index (χ0) is 49.6. The molecule has 1 aliphatic rings. The third kappa shape index (κ3) is 14.6. The maximum Gasteiger partial charge on any atom is 3.00 e. The van der Waals surface area contributed by atoms with Crippen LogP contribution in [0.3, 0.4) is 0 Å². The van der Waals surface area contributed by atoms with Gasteiger partial charge in [0, 0.05) is 24.0 Å². The van der Waals surface area contributed by atoms with Gasteiger partial charge in [0.15, 0.2) is 0 Å². The molecular formula is C69H70IrN3. The molecule has 0 spiro atoms. The fraction of sp³-hybridized carbons (Fsp3) is 0.261. The molecule has 3 aromatic heterocycles. The number of aromatic nitrogens is 3. The van der Waals surface area contributed by atoms with Gasteiger partial charge in [0.05, 0.1) is 0 Å². The van der Waals surface area contributed by atoms with Crippen LogP contribution in [0, 0.1) is 25.1 Å². The Morgan fingerprint density at radius 2 is 0.863 bits per heavy atom. The van der Waals surface area contributed by atoms with E-state index in [1.54, 1.807) is 23.5 Å². The van der Waals surface area contributed by atoms with Crippen molar-refractivity contribution in [2.45, 2.75) is 116 Å². The Morgan fingerprint density at radius 3 is 1.37 bits per heavy atom. The Morgan fingerprint density at radius 1 is 0.384 bits per heavy atom. The number of nitrogens with zero attached hydrogens (tertiary/aromatic N) is 3. The van der Waals surface area contributed by atoms with Gasteiger partial charge in [0.1, 0.15) is 0 Å². The Labute approximate surface area is 451 Å². The predicted molar refractivity (Wildman–Crippen MR) is 303 cm³/mol. The first kappa shape index (κ1) is 54.2. The largest absolute Gasteiger partial charge is 3.00 e. The molecule has 0 unspecified atom stereocenters. The van der Waals surface area contributed by atoms with E-state index in [4.69, 9.17) is 0 Å². The molecule has 3 nitrogen and oxygen atoms in total. The summed E-state index contributed by atoms with van der Waals surface area (Å²) in [6, 6.07) is 73.5. The van der Waals surface area contributed by atoms with Crippen LogP contribution in [0.15, 0.2) is 201 Å². The second-order valence-corrected chi connectivity index (χ2v) is 19.2. The predicted octanol–water partition coefficient (Wildman–Crippen LogP) is 19.1. The summed E-state index contributed by atoms with van der Waals surface area (Å²) in [6.07, 6.45) is 24.0. The first-order valence-corrected chi connectivity index (χ1v) is 26.6. The summed E-state index contributed by atoms with van der Waals surface area (Å²) < 4.78 is 0. The van der Waals surface area contributed by atoms with Crippen LogP contribution in [0.2, 0.25) is 0 Å². The van der Waals surface area contributed by atoms with Gasteiger partial charge in [0.2, 0.25) is 0 Å². The second-order valence-electron chi connectivity index (χ2n) is 19.2. The van der Waals surface area contributed by atoms with E-state index in [-0.39, 0.29) is 25.5 Å². The van der Waals surface area contributed by atoms with Crippen LogP contribution < -0.4 is 0 Å². The van der Waals surface area contributed by atoms with E-state index in [1.807, 2.05) is 103 Å². The number of unbranched alkanes of at least 4 members (excludes halogenated alkanes) is 10. The summed E-state index contributed by atoms with van der Waals surface area (Å²) in [4.78, 5) is 13.0. The minimum Gasteiger partial charge on any atom is -0.305 e. The quantitative estimate of drug-likeness (QED) is 0.0598. The van der Waals surface area contributed by atoms with E-state index < -0.39 is 0 Å². The van der Waals surface area contributed by atoms with Crippen LogP contribution in [-0.2, 0) is 25.5 Å². The fourth-order valence-electron chi connectivity index (χ4n) is 10.3. The molecule has 0 amide bonds. The molecule has 0 saturated carbocycles. The van der Waals surface area contributed by atoms with Crippen molar-refractivity contribution in [1.29, 1.82) is 0 Å². The standard InChI is InChI=1S/C47H54N.2C11H8N.Ir/c1-4-6-8-10-12-17-31-47(32-18-13-11-9-7-5-2)44-21-15-14-20-41(44)42-30-28-39(35-45(42)47)40-29-23-36(3)34-43(40)37-24-26-38(27-25-37)46-22-16-19-33-48-46;2*1-2-6-10(7-3-1)11-8-4-5-9-12-11;/h14-16,19-26,28-30,33-35H,4-13,17-18,31-32H2,1-3H3;2*1-6,8-9H;/q3*-1;+3. The molecule has 0 aliphatic heterocycles. The first-order chi connectivity index (χ1) is 35.6. The van der Waals surface area contributed by atoms with Crippen LogP contribution >= 0.6 is 0 Å². The molecule has 6 aromatic carbocycles. The van der Waals surface area contributed by atoms with Crippen molar-refractivity contribution < 1.29 is 20.1 Å². The van der Waals surface area contributed by atoms with Gasteiger partial charge in [-0.05, 0) is 94.5 Å². The third-order valence-corrected chi connectivity index (χ3v) is 14.0. The summed E-state index contributed by atoms with van der Waals surface area (Å²) >= 11 is 0. The van der Waals surface area contributed by atoms with Crippen molar-refractivity contribution in [2.24, 2.45) is 0 Å². The number of fused-ring (bicyclic) bond motifs is 3. The maximum absolute atomic E-state index is 4.54. The van der Waals surface area contributed by atoms with Gasteiger partial charge in [-0.1, -0.05) is 199 Å². The van der Waals surface area contributed by atoms with Crippen molar-refractivity contribution in [3.63, 3.8) is 0 Å². The molecule has 0 N–H and O–H groups in total. The number of hydrogen-bond acceptors (Lipinski definition) is 3. The van der Waals surface area contributed by atoms with Gasteiger partial charge in [0.25, 0.3) is 0 Å². The molecular weight excluding hydrogens is 1060 g/mol. The molecule has 1 aliphatic carbocycles. The summed E-state index contributed by atoms with van der Waals surface area (Å²) in [5.74, 6) is 0. The van der Waals surface area contributed by atoms with E-state index in [0.29, 0.717) is 0 Å². The number of hydrogen-bond donors (Lipinski definition) is 0. The molecule has 10 rings (SSSR count). The van der Waals surface area contributed by atoms with Crippen molar-refractivity contribution in [1.82, 2.24) is 15.0 Å². The van der Waals surface area contributed by atoms with Crippen molar-refractivity contribution in [3.8, 4) is 67.2 Å². The Bertz CT molecular complexity index is 2810. The molecule has 0 fully saturated rings. The first-order valence-electron chi connectivity index (χ1n) is 26.6. The van der Waals surface area contributed by atoms with Crippen LogP contribution in [-0.4, -0.2) is 15.0 Å². The molecule has 3 heterocycles. The summed E-state index contributed by atoms with van der Waals surface area (Å²) in [6.45, 7) is 6.83. The molecule has 370 valence electrons. The molecule has 4 heteroatoms. The second kappa shape index (κ2) is 28.6. The smallest absolute Gasteiger partial charge is 0.305 e. The Kier molecular flexibility index (Phi) is 21.2. The minimum absolute atomic E-state index is 0. The van der Waals surface area contributed by atoms with Gasteiger partial charge in [-0.15, -0.1) is 102 Å². The van der Waals surface area contributed by atoms with Crippen molar-refractivity contribution in [2.75, 3.05) is 0 Å². The number of aryl methyl sites for hydroxylation is 1. The van der Waals surface area contributed by atoms with Gasteiger partial charge in [-0.3, -0.25) is 0 Å². The number of pyridine rings is 3. The van der Waals surface area contributed by atoms with Crippen molar-refractivity contribution >= 4 is 0 Å². The molecule has 0 radical (unpaired) electrons. The van der Waals surface area contributed by atoms with E-state index in [9.17, 15) is 0 Å². The molecule has 0 bridgehead atoms. The zero-order valence-corrected chi connectivity index (χ0v) is 45.5. The number of rotatable bonds is 19. The van der Waals surface area contributed by atoms with Crippen LogP contribution in [0.25, 0.3) is 67.2 Å². The van der Waals surface area contributed by atoms with E-state index in [2.05, 4.69) is 139 Å².